The van der Waals surface area contributed by atoms with Crippen LogP contribution in [0.1, 0.15) is 41.9 Å². The number of nitrogens with zero attached hydrogens (tertiary/aromatic N) is 3. The van der Waals surface area contributed by atoms with E-state index in [0.717, 1.165) is 46.8 Å². The van der Waals surface area contributed by atoms with E-state index in [1.807, 2.05) is 54.9 Å². The van der Waals surface area contributed by atoms with Gasteiger partial charge in [0.15, 0.2) is 5.82 Å². The van der Waals surface area contributed by atoms with Crippen molar-refractivity contribution in [2.45, 2.75) is 50.1 Å². The lowest BCUT2D eigenvalue weighted by atomic mass is 10.0. The van der Waals surface area contributed by atoms with Crippen LogP contribution in [0.3, 0.4) is 0 Å². The molecule has 0 unspecified atom stereocenters. The number of hydrogen-bond donors (Lipinski definition) is 2. The molecule has 4 rings (SSSR count). The Bertz CT molecular complexity index is 1060. The van der Waals surface area contributed by atoms with Crippen LogP contribution in [0.2, 0.25) is 0 Å². The number of rotatable bonds is 6. The Morgan fingerprint density at radius 1 is 1.16 bits per heavy atom. The largest absolute Gasteiger partial charge is 0.497 e. The average molecular weight is 438 g/mol. The molecule has 8 heteroatoms. The standard InChI is InChI=1S/C23H27N5O2S/c1-5-6-19-25-26-23-28(19)27-20(16-7-9-18(30-4)10-8-16)21(31-23)22(29)24-17-12-14(2)11-15(3)13-17/h7-13,20-21,27H,5-6H2,1-4H3,(H,24,29)/t20-,21-/m0/s1. The zero-order valence-corrected chi connectivity index (χ0v) is 19.0. The molecule has 2 aromatic carbocycles. The predicted octanol–water partition coefficient (Wildman–Crippen LogP) is 4.25. The third-order valence-corrected chi connectivity index (χ3v) is 6.42. The van der Waals surface area contributed by atoms with Crippen molar-refractivity contribution in [2.24, 2.45) is 0 Å². The third-order valence-electron chi connectivity index (χ3n) is 5.20. The Balaban J connectivity index is 1.66. The predicted molar refractivity (Wildman–Crippen MR) is 123 cm³/mol. The van der Waals surface area contributed by atoms with Gasteiger partial charge in [-0.15, -0.1) is 10.2 Å². The molecule has 31 heavy (non-hydrogen) atoms. The molecule has 2 heterocycles. The lowest BCUT2D eigenvalue weighted by Gasteiger charge is -2.33. The van der Waals surface area contributed by atoms with Crippen molar-refractivity contribution >= 4 is 23.4 Å². The first-order valence-electron chi connectivity index (χ1n) is 10.4. The van der Waals surface area contributed by atoms with Crippen LogP contribution < -0.4 is 15.5 Å². The molecule has 0 fully saturated rings. The zero-order chi connectivity index (χ0) is 22.0. The molecule has 1 aliphatic heterocycles. The lowest BCUT2D eigenvalue weighted by Crippen LogP contribution is -2.41. The molecule has 2 atom stereocenters. The fourth-order valence-electron chi connectivity index (χ4n) is 3.81. The number of amides is 1. The summed E-state index contributed by atoms with van der Waals surface area (Å²) < 4.78 is 7.22. The Labute approximate surface area is 186 Å². The van der Waals surface area contributed by atoms with Crippen LogP contribution in [0.5, 0.6) is 5.75 Å². The minimum atomic E-state index is -0.416. The van der Waals surface area contributed by atoms with Gasteiger partial charge in [0.25, 0.3) is 0 Å². The van der Waals surface area contributed by atoms with Crippen molar-refractivity contribution in [3.8, 4) is 5.75 Å². The van der Waals surface area contributed by atoms with Gasteiger partial charge < -0.3 is 15.5 Å². The molecule has 162 valence electrons. The van der Waals surface area contributed by atoms with Crippen molar-refractivity contribution < 1.29 is 9.53 Å². The summed E-state index contributed by atoms with van der Waals surface area (Å²) in [6, 6.07) is 13.6. The van der Waals surface area contributed by atoms with Gasteiger partial charge in [-0.25, -0.2) is 4.68 Å². The molecule has 0 saturated heterocycles. The van der Waals surface area contributed by atoms with Gasteiger partial charge in [-0.2, -0.15) is 0 Å². The number of ether oxygens (including phenoxy) is 1. The van der Waals surface area contributed by atoms with Crippen LogP contribution in [0.25, 0.3) is 0 Å². The SMILES string of the molecule is CCCc1nnc2n1N[C@@H](c1ccc(OC)cc1)[C@@H](C(=O)Nc1cc(C)cc(C)c1)S2. The minimum absolute atomic E-state index is 0.0744. The maximum Gasteiger partial charge on any atom is 0.240 e. The second kappa shape index (κ2) is 9.01. The second-order valence-corrected chi connectivity index (χ2v) is 8.88. The Kier molecular flexibility index (Phi) is 6.18. The Morgan fingerprint density at radius 3 is 2.52 bits per heavy atom. The number of methoxy groups -OCH3 is 1. The van der Waals surface area contributed by atoms with Crippen molar-refractivity contribution in [2.75, 3.05) is 17.9 Å². The molecule has 0 spiro atoms. The summed E-state index contributed by atoms with van der Waals surface area (Å²) in [7, 11) is 1.64. The van der Waals surface area contributed by atoms with Crippen LogP contribution in [0, 0.1) is 13.8 Å². The first kappa shape index (κ1) is 21.2. The number of carbonyl (C=O) groups excluding carboxylic acids is 1. The van der Waals surface area contributed by atoms with Crippen molar-refractivity contribution in [3.63, 3.8) is 0 Å². The van der Waals surface area contributed by atoms with Gasteiger partial charge in [0, 0.05) is 12.1 Å². The van der Waals surface area contributed by atoms with Gasteiger partial charge in [0.1, 0.15) is 11.0 Å². The molecule has 0 radical (unpaired) electrons. The van der Waals surface area contributed by atoms with E-state index in [0.29, 0.717) is 5.16 Å². The number of aromatic nitrogens is 3. The maximum atomic E-state index is 13.4. The molecule has 1 aromatic heterocycles. The van der Waals surface area contributed by atoms with E-state index in [4.69, 9.17) is 4.74 Å². The van der Waals surface area contributed by atoms with Crippen molar-refractivity contribution in [1.82, 2.24) is 14.9 Å². The molecule has 1 amide bonds. The van der Waals surface area contributed by atoms with Crippen molar-refractivity contribution in [1.29, 1.82) is 0 Å². The van der Waals surface area contributed by atoms with Gasteiger partial charge in [0.05, 0.1) is 13.2 Å². The maximum absolute atomic E-state index is 13.4. The quantitative estimate of drug-likeness (QED) is 0.600. The first-order chi connectivity index (χ1) is 15.0. The van der Waals surface area contributed by atoms with Crippen LogP contribution >= 0.6 is 11.8 Å². The molecule has 3 aromatic rings. The molecular weight excluding hydrogens is 410 g/mol. The highest BCUT2D eigenvalue weighted by molar-refractivity contribution is 8.00. The number of hydrogen-bond acceptors (Lipinski definition) is 6. The minimum Gasteiger partial charge on any atom is -0.497 e. The summed E-state index contributed by atoms with van der Waals surface area (Å²) >= 11 is 1.44. The number of aryl methyl sites for hydroxylation is 3. The third kappa shape index (κ3) is 4.54. The Hall–Kier alpha value is -3.00. The van der Waals surface area contributed by atoms with Crippen LogP contribution in [0.4, 0.5) is 5.69 Å². The Morgan fingerprint density at radius 2 is 1.87 bits per heavy atom. The fraction of sp³-hybridized carbons (Fsp3) is 0.348. The first-order valence-corrected chi connectivity index (χ1v) is 11.3. The smallest absolute Gasteiger partial charge is 0.240 e. The molecular formula is C23H27N5O2S. The lowest BCUT2D eigenvalue weighted by molar-refractivity contribution is -0.116. The van der Waals surface area contributed by atoms with Crippen LogP contribution in [-0.4, -0.2) is 33.1 Å². The molecule has 0 bridgehead atoms. The van der Waals surface area contributed by atoms with Crippen molar-refractivity contribution in [3.05, 3.63) is 65.0 Å². The van der Waals surface area contributed by atoms with Crippen LogP contribution in [-0.2, 0) is 11.2 Å². The summed E-state index contributed by atoms with van der Waals surface area (Å²) in [6.45, 7) is 6.16. The molecule has 1 aliphatic rings. The summed E-state index contributed by atoms with van der Waals surface area (Å²) in [5, 5.41) is 12.0. The highest BCUT2D eigenvalue weighted by Gasteiger charge is 2.37. The molecule has 0 saturated carbocycles. The summed E-state index contributed by atoms with van der Waals surface area (Å²) in [6.07, 6.45) is 1.78. The number of nitrogens with one attached hydrogen (secondary N) is 2. The number of thioether (sulfide) groups is 1. The summed E-state index contributed by atoms with van der Waals surface area (Å²) in [5.41, 5.74) is 7.51. The normalized spacial score (nSPS) is 17.5. The highest BCUT2D eigenvalue weighted by Crippen LogP contribution is 2.38. The van der Waals surface area contributed by atoms with Gasteiger partial charge in [0.2, 0.25) is 11.1 Å². The molecule has 7 nitrogen and oxygen atoms in total. The van der Waals surface area contributed by atoms with E-state index in [1.54, 1.807) is 7.11 Å². The van der Waals surface area contributed by atoms with Crippen LogP contribution in [0.15, 0.2) is 47.6 Å². The van der Waals surface area contributed by atoms with Gasteiger partial charge >= 0.3 is 0 Å². The number of benzene rings is 2. The van der Waals surface area contributed by atoms with E-state index < -0.39 is 5.25 Å². The molecule has 0 aliphatic carbocycles. The van der Waals surface area contributed by atoms with E-state index >= 15 is 0 Å². The van der Waals surface area contributed by atoms with E-state index in [9.17, 15) is 4.79 Å². The number of anilines is 1. The summed E-state index contributed by atoms with van der Waals surface area (Å²) in [4.78, 5) is 13.4. The zero-order valence-electron chi connectivity index (χ0n) is 18.2. The molecule has 2 N–H and O–H groups in total. The topological polar surface area (TPSA) is 81.1 Å². The number of fused-ring (bicyclic) bond motifs is 1. The summed E-state index contributed by atoms with van der Waals surface area (Å²) in [5.74, 6) is 1.58. The second-order valence-electron chi connectivity index (χ2n) is 7.77. The van der Waals surface area contributed by atoms with Gasteiger partial charge in [-0.3, -0.25) is 4.79 Å². The van der Waals surface area contributed by atoms with E-state index in [-0.39, 0.29) is 11.9 Å². The highest BCUT2D eigenvalue weighted by atomic mass is 32.2. The average Bonchev–Trinajstić information content (AvgIpc) is 3.14. The van der Waals surface area contributed by atoms with E-state index in [2.05, 4.69) is 33.9 Å². The van der Waals surface area contributed by atoms with Gasteiger partial charge in [-0.05, 0) is 61.2 Å². The monoisotopic (exact) mass is 437 g/mol. The fourth-order valence-corrected chi connectivity index (χ4v) is 4.90. The van der Waals surface area contributed by atoms with E-state index in [1.165, 1.54) is 11.8 Å². The van der Waals surface area contributed by atoms with Gasteiger partial charge in [-0.1, -0.05) is 36.9 Å². The number of carbonyl (C=O) groups is 1.